The van der Waals surface area contributed by atoms with Crippen LogP contribution in [0.1, 0.15) is 64.7 Å². The van der Waals surface area contributed by atoms with Crippen LogP contribution in [0.2, 0.25) is 0 Å². The number of Topliss-reactive ketones (excluding diaryl/α,β-unsaturated/α-hetero) is 1. The van der Waals surface area contributed by atoms with Gasteiger partial charge in [0.1, 0.15) is 17.5 Å². The van der Waals surface area contributed by atoms with Crippen molar-refractivity contribution in [1.82, 2.24) is 14.7 Å². The van der Waals surface area contributed by atoms with Gasteiger partial charge in [-0.3, -0.25) is 9.59 Å². The zero-order valence-electron chi connectivity index (χ0n) is 22.6. The predicted octanol–water partition coefficient (Wildman–Crippen LogP) is 4.89. The summed E-state index contributed by atoms with van der Waals surface area (Å²) in [5, 5.41) is 22.1. The second kappa shape index (κ2) is 11.9. The van der Waals surface area contributed by atoms with Crippen LogP contribution in [0.5, 0.6) is 5.75 Å². The number of hydrogen-bond donors (Lipinski definition) is 2. The Balaban J connectivity index is 1.50. The molecule has 8 nitrogen and oxygen atoms in total. The Morgan fingerprint density at radius 2 is 1.87 bits per heavy atom. The number of benzene rings is 2. The zero-order chi connectivity index (χ0) is 28.1. The van der Waals surface area contributed by atoms with E-state index in [1.54, 1.807) is 18.2 Å². The lowest BCUT2D eigenvalue weighted by atomic mass is 10.0. The lowest BCUT2D eigenvalue weighted by Crippen LogP contribution is -2.37. The molecule has 2 aromatic heterocycles. The lowest BCUT2D eigenvalue weighted by molar-refractivity contribution is 0.0929. The fourth-order valence-corrected chi connectivity index (χ4v) is 4.47. The number of pyridine rings is 1. The first-order valence-corrected chi connectivity index (χ1v) is 12.9. The number of aliphatic hydroxyl groups is 1. The minimum atomic E-state index is -0.320. The molecular weight excluding hydrogens is 492 g/mol. The van der Waals surface area contributed by atoms with Gasteiger partial charge in [0.05, 0.1) is 22.9 Å². The van der Waals surface area contributed by atoms with Gasteiger partial charge in [-0.25, -0.2) is 4.98 Å². The molecule has 0 saturated carbocycles. The first kappa shape index (κ1) is 27.6. The maximum atomic E-state index is 13.0. The van der Waals surface area contributed by atoms with E-state index in [2.05, 4.69) is 11.4 Å². The molecule has 4 aromatic rings. The molecule has 0 spiro atoms. The first-order valence-electron chi connectivity index (χ1n) is 12.9. The van der Waals surface area contributed by atoms with Gasteiger partial charge in [-0.1, -0.05) is 24.3 Å². The fraction of sp³-hybridized carbons (Fsp3) is 0.290. The molecule has 0 aliphatic carbocycles. The van der Waals surface area contributed by atoms with Crippen LogP contribution in [0, 0.1) is 18.3 Å². The van der Waals surface area contributed by atoms with Crippen molar-refractivity contribution in [3.63, 3.8) is 0 Å². The molecular formula is C31H32N4O4. The Morgan fingerprint density at radius 3 is 2.51 bits per heavy atom. The Hall–Kier alpha value is -4.48. The summed E-state index contributed by atoms with van der Waals surface area (Å²) in [7, 11) is 0. The molecule has 0 fully saturated rings. The van der Waals surface area contributed by atoms with Crippen molar-refractivity contribution in [3.05, 3.63) is 88.7 Å². The number of aliphatic hydroxyl groups excluding tert-OH is 1. The highest BCUT2D eigenvalue weighted by Crippen LogP contribution is 2.24. The smallest absolute Gasteiger partial charge is 0.251 e. The normalized spacial score (nSPS) is 11.8. The summed E-state index contributed by atoms with van der Waals surface area (Å²) in [4.78, 5) is 29.7. The molecule has 8 heteroatoms. The van der Waals surface area contributed by atoms with E-state index in [9.17, 15) is 20.0 Å². The molecule has 0 unspecified atom stereocenters. The van der Waals surface area contributed by atoms with Crippen LogP contribution in [-0.2, 0) is 6.42 Å². The number of aryl methyl sites for hydroxylation is 1. The van der Waals surface area contributed by atoms with Crippen LogP contribution in [0.15, 0.2) is 60.8 Å². The Bertz CT molecular complexity index is 1550. The maximum absolute atomic E-state index is 13.0. The Kier molecular flexibility index (Phi) is 8.43. The number of ketones is 1. The number of rotatable bonds is 10. The number of imidazole rings is 1. The number of carbonyl (C=O) groups is 2. The standard InChI is InChI=1S/C31H32N4O4/c1-19(2)39-29-12-10-24(16-25(29)17-32)31(38)33-26(13-14-36)15-22-6-8-23(9-7-22)28-18-35-20(3)5-11-27(21(4)37)30(35)34-28/h5-12,16,18-19,26,36H,13-15H2,1-4H3,(H,33,38)/t26-/m1/s1. The third-order valence-corrected chi connectivity index (χ3v) is 6.47. The third-order valence-electron chi connectivity index (χ3n) is 6.47. The fourth-order valence-electron chi connectivity index (χ4n) is 4.47. The van der Waals surface area contributed by atoms with E-state index in [1.165, 1.54) is 13.0 Å². The number of nitrogens with zero attached hydrogens (tertiary/aromatic N) is 3. The monoisotopic (exact) mass is 524 g/mol. The summed E-state index contributed by atoms with van der Waals surface area (Å²) in [6, 6.07) is 18.1. The minimum absolute atomic E-state index is 0.0341. The number of carbonyl (C=O) groups excluding carboxylic acids is 2. The maximum Gasteiger partial charge on any atom is 0.251 e. The van der Waals surface area contributed by atoms with Crippen molar-refractivity contribution in [2.24, 2.45) is 0 Å². The number of ether oxygens (including phenoxy) is 1. The number of amides is 1. The molecule has 2 heterocycles. The van der Waals surface area contributed by atoms with E-state index in [-0.39, 0.29) is 30.4 Å². The van der Waals surface area contributed by atoms with Gasteiger partial charge in [-0.05, 0) is 76.4 Å². The average molecular weight is 525 g/mol. The van der Waals surface area contributed by atoms with Gasteiger partial charge >= 0.3 is 0 Å². The lowest BCUT2D eigenvalue weighted by Gasteiger charge is -2.19. The van der Waals surface area contributed by atoms with Crippen molar-refractivity contribution in [3.8, 4) is 23.1 Å². The molecule has 2 aromatic carbocycles. The summed E-state index contributed by atoms with van der Waals surface area (Å²) in [6.45, 7) is 7.17. The zero-order valence-corrected chi connectivity index (χ0v) is 22.6. The number of aromatic nitrogens is 2. The summed E-state index contributed by atoms with van der Waals surface area (Å²) < 4.78 is 7.56. The van der Waals surface area contributed by atoms with E-state index in [1.807, 2.05) is 61.7 Å². The topological polar surface area (TPSA) is 117 Å². The molecule has 4 rings (SSSR count). The molecule has 39 heavy (non-hydrogen) atoms. The van der Waals surface area contributed by atoms with Gasteiger partial charge in [-0.2, -0.15) is 5.26 Å². The van der Waals surface area contributed by atoms with Gasteiger partial charge in [0.25, 0.3) is 5.91 Å². The highest BCUT2D eigenvalue weighted by Gasteiger charge is 2.17. The minimum Gasteiger partial charge on any atom is -0.490 e. The molecule has 1 amide bonds. The van der Waals surface area contributed by atoms with Crippen molar-refractivity contribution in [1.29, 1.82) is 5.26 Å². The Morgan fingerprint density at radius 1 is 1.13 bits per heavy atom. The number of fused-ring (bicyclic) bond motifs is 1. The van der Waals surface area contributed by atoms with Crippen molar-refractivity contribution >= 4 is 17.3 Å². The van der Waals surface area contributed by atoms with Gasteiger partial charge in [-0.15, -0.1) is 0 Å². The van der Waals surface area contributed by atoms with Gasteiger partial charge in [0, 0.05) is 35.7 Å². The van der Waals surface area contributed by atoms with E-state index >= 15 is 0 Å². The molecule has 1 atom stereocenters. The second-order valence-electron chi connectivity index (χ2n) is 9.84. The van der Waals surface area contributed by atoms with E-state index in [4.69, 9.17) is 9.72 Å². The molecule has 200 valence electrons. The van der Waals surface area contributed by atoms with Crippen LogP contribution in [0.4, 0.5) is 0 Å². The summed E-state index contributed by atoms with van der Waals surface area (Å²) in [6.07, 6.45) is 2.73. The second-order valence-corrected chi connectivity index (χ2v) is 9.84. The van der Waals surface area contributed by atoms with E-state index < -0.39 is 0 Å². The highest BCUT2D eigenvalue weighted by molar-refractivity contribution is 6.00. The highest BCUT2D eigenvalue weighted by atomic mass is 16.5. The summed E-state index contributed by atoms with van der Waals surface area (Å²) >= 11 is 0. The van der Waals surface area contributed by atoms with Crippen LogP contribution in [0.25, 0.3) is 16.9 Å². The van der Waals surface area contributed by atoms with Crippen LogP contribution >= 0.6 is 0 Å². The molecule has 0 aliphatic rings. The molecule has 2 N–H and O–H groups in total. The van der Waals surface area contributed by atoms with Crippen molar-refractivity contribution in [2.75, 3.05) is 6.61 Å². The molecule has 0 radical (unpaired) electrons. The predicted molar refractivity (Wildman–Crippen MR) is 149 cm³/mol. The van der Waals surface area contributed by atoms with Crippen molar-refractivity contribution in [2.45, 2.75) is 52.7 Å². The van der Waals surface area contributed by atoms with Crippen molar-refractivity contribution < 1.29 is 19.4 Å². The number of nitrogens with one attached hydrogen (secondary N) is 1. The number of hydrogen-bond acceptors (Lipinski definition) is 6. The molecule has 0 saturated heterocycles. The third kappa shape index (κ3) is 6.33. The van der Waals surface area contributed by atoms with Gasteiger partial charge in [0.15, 0.2) is 5.78 Å². The van der Waals surface area contributed by atoms with Crippen LogP contribution in [-0.4, -0.2) is 44.9 Å². The quantitative estimate of drug-likeness (QED) is 0.285. The van der Waals surface area contributed by atoms with Crippen LogP contribution in [0.3, 0.4) is 0 Å². The largest absolute Gasteiger partial charge is 0.490 e. The molecule has 0 aliphatic heterocycles. The number of nitriles is 1. The van der Waals surface area contributed by atoms with Gasteiger partial charge in [0.2, 0.25) is 0 Å². The van der Waals surface area contributed by atoms with E-state index in [0.29, 0.717) is 40.9 Å². The summed E-state index contributed by atoms with van der Waals surface area (Å²) in [5.74, 6) is 0.0847. The first-order chi connectivity index (χ1) is 18.7. The van der Waals surface area contributed by atoms with Gasteiger partial charge < -0.3 is 19.6 Å². The average Bonchev–Trinajstić information content (AvgIpc) is 3.35. The SMILES string of the molecule is CC(=O)c1ccc(C)n2cc(-c3ccc(C[C@@H](CCO)NC(=O)c4ccc(OC(C)C)c(C#N)c4)cc3)nc12. The summed E-state index contributed by atoms with van der Waals surface area (Å²) in [5.41, 5.74) is 5.50. The van der Waals surface area contributed by atoms with E-state index in [0.717, 1.165) is 22.5 Å². The Labute approximate surface area is 227 Å². The molecule has 0 bridgehead atoms. The van der Waals surface area contributed by atoms with Crippen LogP contribution < -0.4 is 10.1 Å².